The van der Waals surface area contributed by atoms with Gasteiger partial charge in [-0.2, -0.15) is 8.42 Å². The number of fused-ring (bicyclic) bond motifs is 1. The quantitative estimate of drug-likeness (QED) is 0.445. The first-order chi connectivity index (χ1) is 17.6. The lowest BCUT2D eigenvalue weighted by atomic mass is 9.97. The molecule has 2 aromatic carbocycles. The third kappa shape index (κ3) is 5.36. The van der Waals surface area contributed by atoms with Crippen LogP contribution in [-0.2, 0) is 33.2 Å². The highest BCUT2D eigenvalue weighted by Gasteiger charge is 2.27. The monoisotopic (exact) mass is 525 g/mol. The molecular weight excluding hydrogens is 494 g/mol. The average Bonchev–Trinajstić information content (AvgIpc) is 3.55. The highest BCUT2D eigenvalue weighted by atomic mass is 32.2. The van der Waals surface area contributed by atoms with Gasteiger partial charge in [-0.1, -0.05) is 24.3 Å². The Morgan fingerprint density at radius 1 is 1.05 bits per heavy atom. The minimum atomic E-state index is -4.28. The number of aryl methyl sites for hydroxylation is 1. The molecule has 3 N–H and O–H groups in total. The summed E-state index contributed by atoms with van der Waals surface area (Å²) in [6.07, 6.45) is 3.83. The molecular formula is C27H31N3O6S. The van der Waals surface area contributed by atoms with E-state index in [1.807, 2.05) is 22.9 Å². The van der Waals surface area contributed by atoms with Crippen molar-refractivity contribution < 1.29 is 27.5 Å². The number of hydrogen-bond acceptors (Lipinski definition) is 7. The van der Waals surface area contributed by atoms with Gasteiger partial charge in [0.05, 0.1) is 30.8 Å². The number of nitrogens with zero attached hydrogens (tertiary/aromatic N) is 1. The first-order valence-electron chi connectivity index (χ1n) is 12.3. The first kappa shape index (κ1) is 25.3. The second kappa shape index (κ2) is 9.85. The Hall–Kier alpha value is -3.34. The second-order valence-electron chi connectivity index (χ2n) is 9.90. The van der Waals surface area contributed by atoms with Gasteiger partial charge in [-0.15, -0.1) is 0 Å². The maximum absolute atomic E-state index is 12.9. The zero-order valence-corrected chi connectivity index (χ0v) is 21.7. The van der Waals surface area contributed by atoms with Crippen molar-refractivity contribution in [3.05, 3.63) is 65.4 Å². The van der Waals surface area contributed by atoms with Crippen molar-refractivity contribution in [1.82, 2.24) is 4.72 Å². The van der Waals surface area contributed by atoms with Gasteiger partial charge in [0.25, 0.3) is 10.0 Å². The number of hydrogen-bond donors (Lipinski definition) is 3. The molecule has 1 aromatic heterocycles. The topological polar surface area (TPSA) is 121 Å². The van der Waals surface area contributed by atoms with E-state index in [1.165, 1.54) is 19.9 Å². The molecule has 2 amide bonds. The minimum Gasteiger partial charge on any atom is -0.451 e. The fourth-order valence-electron chi connectivity index (χ4n) is 4.81. The first-order valence-corrected chi connectivity index (χ1v) is 13.8. The number of sulfonamides is 1. The summed E-state index contributed by atoms with van der Waals surface area (Å²) in [5.41, 5.74) is 4.63. The fourth-order valence-corrected chi connectivity index (χ4v) is 5.67. The van der Waals surface area contributed by atoms with Crippen LogP contribution in [0.25, 0.3) is 11.1 Å². The van der Waals surface area contributed by atoms with Gasteiger partial charge in [-0.25, -0.2) is 9.52 Å². The summed E-state index contributed by atoms with van der Waals surface area (Å²) < 4.78 is 38.2. The van der Waals surface area contributed by atoms with E-state index in [0.29, 0.717) is 18.9 Å². The largest absolute Gasteiger partial charge is 0.451 e. The number of ether oxygens (including phenoxy) is 1. The molecule has 0 radical (unpaired) electrons. The van der Waals surface area contributed by atoms with Gasteiger partial charge in [-0.05, 0) is 61.9 Å². The minimum absolute atomic E-state index is 0.289. The molecule has 1 fully saturated rings. The van der Waals surface area contributed by atoms with Crippen LogP contribution in [0.1, 0.15) is 37.0 Å². The molecule has 2 heterocycles. The van der Waals surface area contributed by atoms with Crippen molar-refractivity contribution in [2.24, 2.45) is 0 Å². The number of aliphatic hydroxyl groups is 1. The molecule has 5 rings (SSSR count). The Morgan fingerprint density at radius 2 is 1.78 bits per heavy atom. The zero-order valence-electron chi connectivity index (χ0n) is 20.9. The Bertz CT molecular complexity index is 1400. The number of carbonyl (C=O) groups is 1. The molecule has 1 aliphatic carbocycles. The Kier molecular flexibility index (Phi) is 6.74. The molecule has 1 saturated heterocycles. The molecule has 0 saturated carbocycles. The van der Waals surface area contributed by atoms with Crippen LogP contribution in [0.5, 0.6) is 0 Å². The van der Waals surface area contributed by atoms with Gasteiger partial charge in [-0.3, -0.25) is 0 Å². The Morgan fingerprint density at radius 3 is 2.46 bits per heavy atom. The second-order valence-corrected chi connectivity index (χ2v) is 11.5. The van der Waals surface area contributed by atoms with Crippen LogP contribution < -0.4 is 14.9 Å². The Labute approximate surface area is 216 Å². The predicted octanol–water partition coefficient (Wildman–Crippen LogP) is 4.01. The van der Waals surface area contributed by atoms with Crippen LogP contribution in [-0.4, -0.2) is 45.9 Å². The number of benzene rings is 2. The molecule has 0 atom stereocenters. The molecule has 196 valence electrons. The number of carbonyl (C=O) groups excluding carboxylic acids is 1. The highest BCUT2D eigenvalue weighted by molar-refractivity contribution is 7.89. The molecule has 37 heavy (non-hydrogen) atoms. The molecule has 0 spiro atoms. The maximum Gasteiger partial charge on any atom is 0.333 e. The molecule has 10 heteroatoms. The zero-order chi connectivity index (χ0) is 26.2. The van der Waals surface area contributed by atoms with Gasteiger partial charge >= 0.3 is 6.03 Å². The van der Waals surface area contributed by atoms with E-state index in [9.17, 15) is 18.3 Å². The highest BCUT2D eigenvalue weighted by Crippen LogP contribution is 2.38. The van der Waals surface area contributed by atoms with Gasteiger partial charge in [0.1, 0.15) is 0 Å². The molecule has 0 unspecified atom stereocenters. The van der Waals surface area contributed by atoms with Crippen molar-refractivity contribution in [3.63, 3.8) is 0 Å². The summed E-state index contributed by atoms with van der Waals surface area (Å²) in [6, 6.07) is 12.5. The van der Waals surface area contributed by atoms with Crippen LogP contribution in [0, 0.1) is 0 Å². The number of amides is 2. The third-order valence-corrected chi connectivity index (χ3v) is 8.05. The van der Waals surface area contributed by atoms with Gasteiger partial charge < -0.3 is 24.5 Å². The van der Waals surface area contributed by atoms with Crippen LogP contribution in [0.4, 0.5) is 16.2 Å². The van der Waals surface area contributed by atoms with E-state index in [-0.39, 0.29) is 5.56 Å². The molecule has 9 nitrogen and oxygen atoms in total. The molecule has 2 aliphatic rings. The summed E-state index contributed by atoms with van der Waals surface area (Å²) in [4.78, 5) is 15.2. The number of rotatable bonds is 6. The normalized spacial score (nSPS) is 15.9. The molecule has 0 bridgehead atoms. The van der Waals surface area contributed by atoms with Crippen molar-refractivity contribution >= 4 is 27.4 Å². The van der Waals surface area contributed by atoms with Crippen molar-refractivity contribution in [2.45, 2.75) is 43.8 Å². The summed E-state index contributed by atoms with van der Waals surface area (Å²) >= 11 is 0. The van der Waals surface area contributed by atoms with E-state index in [4.69, 9.17) is 9.15 Å². The maximum atomic E-state index is 12.9. The summed E-state index contributed by atoms with van der Waals surface area (Å²) in [6.45, 7) is 6.11. The van der Waals surface area contributed by atoms with Crippen molar-refractivity contribution in [2.75, 3.05) is 36.5 Å². The smallest absolute Gasteiger partial charge is 0.333 e. The predicted molar refractivity (Wildman–Crippen MR) is 140 cm³/mol. The van der Waals surface area contributed by atoms with Crippen LogP contribution in [0.3, 0.4) is 0 Å². The van der Waals surface area contributed by atoms with E-state index in [2.05, 4.69) is 28.4 Å². The summed E-state index contributed by atoms with van der Waals surface area (Å²) in [5, 5.41) is 12.5. The fraction of sp³-hybridized carbons (Fsp3) is 0.370. The van der Waals surface area contributed by atoms with Gasteiger partial charge in [0.2, 0.25) is 5.09 Å². The lowest BCUT2D eigenvalue weighted by molar-refractivity contribution is 0.0779. The van der Waals surface area contributed by atoms with Gasteiger partial charge in [0, 0.05) is 36.0 Å². The van der Waals surface area contributed by atoms with Crippen LogP contribution >= 0.6 is 0 Å². The van der Waals surface area contributed by atoms with Crippen molar-refractivity contribution in [3.8, 4) is 11.1 Å². The number of furan rings is 1. The van der Waals surface area contributed by atoms with E-state index >= 15 is 0 Å². The number of morpholine rings is 1. The lowest BCUT2D eigenvalue weighted by Gasteiger charge is -2.29. The summed E-state index contributed by atoms with van der Waals surface area (Å²) in [7, 11) is -4.28. The summed E-state index contributed by atoms with van der Waals surface area (Å²) in [5.74, 6) is 0. The molecule has 1 aliphatic heterocycles. The van der Waals surface area contributed by atoms with Crippen molar-refractivity contribution in [1.29, 1.82) is 0 Å². The number of urea groups is 1. The Balaban J connectivity index is 1.40. The van der Waals surface area contributed by atoms with E-state index in [0.717, 1.165) is 66.6 Å². The number of nitrogens with one attached hydrogen (secondary N) is 2. The SMILES string of the molecule is CC(C)(O)c1coc(S(=O)(=O)NC(=O)Nc2c(-c3ccc(N4CCOCC4)cc3)ccc3c2CCC3)c1. The van der Waals surface area contributed by atoms with Gasteiger partial charge in [0.15, 0.2) is 0 Å². The average molecular weight is 526 g/mol. The van der Waals surface area contributed by atoms with E-state index in [1.54, 1.807) is 0 Å². The standard InChI is InChI=1S/C27H31N3O6S/c1-27(2,32)20-16-24(36-17-20)37(33,34)29-26(31)28-25-22-5-3-4-18(22)8-11-23(25)19-6-9-21(10-7-19)30-12-14-35-15-13-30/h6-11,16-17,32H,3-5,12-15H2,1-2H3,(H2,28,29,31). The van der Waals surface area contributed by atoms with E-state index < -0.39 is 26.7 Å². The number of anilines is 2. The van der Waals surface area contributed by atoms with Crippen LogP contribution in [0.15, 0.2) is 58.2 Å². The van der Waals surface area contributed by atoms with Crippen LogP contribution in [0.2, 0.25) is 0 Å². The third-order valence-electron chi connectivity index (χ3n) is 6.85. The lowest BCUT2D eigenvalue weighted by Crippen LogP contribution is -2.36. The molecule has 3 aromatic rings.